The van der Waals surface area contributed by atoms with E-state index >= 15 is 0 Å². The molecule has 1 aliphatic rings. The number of rotatable bonds is 7. The molecule has 130 valence electrons. The predicted octanol–water partition coefficient (Wildman–Crippen LogP) is 1.74. The van der Waals surface area contributed by atoms with E-state index in [0.29, 0.717) is 17.7 Å². The average Bonchev–Trinajstić information content (AvgIpc) is 3.01. The number of likely N-dealkylation sites (tertiary alicyclic amines) is 1. The number of aromatic nitrogens is 2. The van der Waals surface area contributed by atoms with E-state index in [4.69, 9.17) is 4.52 Å². The number of nitrogens with zero attached hydrogens (tertiary/aromatic N) is 3. The van der Waals surface area contributed by atoms with E-state index in [2.05, 4.69) is 20.4 Å². The molecule has 3 rings (SSSR count). The van der Waals surface area contributed by atoms with Crippen LogP contribution in [0.25, 0.3) is 0 Å². The first-order valence-electron chi connectivity index (χ1n) is 8.39. The quantitative estimate of drug-likeness (QED) is 0.822. The average molecular weight is 348 g/mol. The summed E-state index contributed by atoms with van der Waals surface area (Å²) in [5.41, 5.74) is 0. The molecule has 1 aromatic heterocycles. The molecule has 1 N–H and O–H groups in total. The second-order valence-corrected chi connectivity index (χ2v) is 7.69. The second kappa shape index (κ2) is 8.50. The Balaban J connectivity index is 1.41. The summed E-state index contributed by atoms with van der Waals surface area (Å²) >= 11 is 0. The SMILES string of the molecule is Cc1nc(CN2CCC[C@@H](NCC[S@@](=O)c3ccccc3)C2)no1. The molecule has 1 fully saturated rings. The van der Waals surface area contributed by atoms with Gasteiger partial charge in [-0.2, -0.15) is 4.98 Å². The smallest absolute Gasteiger partial charge is 0.223 e. The molecule has 0 aliphatic carbocycles. The fourth-order valence-electron chi connectivity index (χ4n) is 3.02. The van der Waals surface area contributed by atoms with Crippen molar-refractivity contribution in [1.82, 2.24) is 20.4 Å². The molecule has 7 heteroatoms. The predicted molar refractivity (Wildman–Crippen MR) is 93.1 cm³/mol. The minimum atomic E-state index is -0.934. The summed E-state index contributed by atoms with van der Waals surface area (Å²) in [4.78, 5) is 7.52. The van der Waals surface area contributed by atoms with Gasteiger partial charge >= 0.3 is 0 Å². The van der Waals surface area contributed by atoms with Crippen molar-refractivity contribution in [1.29, 1.82) is 0 Å². The Morgan fingerprint density at radius 3 is 2.96 bits per heavy atom. The van der Waals surface area contributed by atoms with Crippen LogP contribution in [0.5, 0.6) is 0 Å². The van der Waals surface area contributed by atoms with E-state index < -0.39 is 10.8 Å². The standard InChI is InChI=1S/C17H24N4O2S/c1-14-19-17(20-23-14)13-21-10-5-6-15(12-21)18-9-11-24(22)16-7-3-2-4-8-16/h2-4,7-8,15,18H,5-6,9-13H2,1H3/t15-,24-/m1/s1. The minimum Gasteiger partial charge on any atom is -0.340 e. The molecule has 1 saturated heterocycles. The third-order valence-electron chi connectivity index (χ3n) is 4.17. The molecule has 2 atom stereocenters. The Morgan fingerprint density at radius 2 is 2.21 bits per heavy atom. The van der Waals surface area contributed by atoms with Crippen LogP contribution in [-0.2, 0) is 17.3 Å². The van der Waals surface area contributed by atoms with E-state index in [0.717, 1.165) is 49.7 Å². The Hall–Kier alpha value is -1.57. The van der Waals surface area contributed by atoms with E-state index in [-0.39, 0.29) is 0 Å². The highest BCUT2D eigenvalue weighted by Gasteiger charge is 2.21. The number of nitrogens with one attached hydrogen (secondary N) is 1. The van der Waals surface area contributed by atoms with Crippen LogP contribution < -0.4 is 5.32 Å². The van der Waals surface area contributed by atoms with Gasteiger partial charge in [0.05, 0.1) is 17.3 Å². The summed E-state index contributed by atoms with van der Waals surface area (Å²) in [7, 11) is -0.934. The van der Waals surface area contributed by atoms with Gasteiger partial charge in [-0.25, -0.2) is 0 Å². The van der Waals surface area contributed by atoms with Crippen LogP contribution in [-0.4, -0.2) is 50.7 Å². The van der Waals surface area contributed by atoms with Gasteiger partial charge in [-0.05, 0) is 31.5 Å². The molecule has 0 bridgehead atoms. The molecule has 0 amide bonds. The highest BCUT2D eigenvalue weighted by atomic mass is 32.2. The van der Waals surface area contributed by atoms with E-state index in [1.165, 1.54) is 0 Å². The molecule has 0 unspecified atom stereocenters. The van der Waals surface area contributed by atoms with Crippen molar-refractivity contribution in [2.24, 2.45) is 0 Å². The maximum Gasteiger partial charge on any atom is 0.223 e. The van der Waals surface area contributed by atoms with Gasteiger partial charge in [0.15, 0.2) is 5.82 Å². The third kappa shape index (κ3) is 4.96. The summed E-state index contributed by atoms with van der Waals surface area (Å²) in [6.07, 6.45) is 2.30. The van der Waals surface area contributed by atoms with Gasteiger partial charge in [0.1, 0.15) is 0 Å². The van der Waals surface area contributed by atoms with Crippen LogP contribution in [0.4, 0.5) is 0 Å². The monoisotopic (exact) mass is 348 g/mol. The lowest BCUT2D eigenvalue weighted by Gasteiger charge is -2.32. The Kier molecular flexibility index (Phi) is 6.12. The summed E-state index contributed by atoms with van der Waals surface area (Å²) in [5.74, 6) is 2.00. The van der Waals surface area contributed by atoms with Gasteiger partial charge in [-0.1, -0.05) is 23.4 Å². The van der Waals surface area contributed by atoms with Crippen molar-refractivity contribution in [3.63, 3.8) is 0 Å². The molecule has 2 heterocycles. The van der Waals surface area contributed by atoms with Crippen LogP contribution in [0.1, 0.15) is 24.6 Å². The highest BCUT2D eigenvalue weighted by molar-refractivity contribution is 7.85. The fourth-order valence-corrected chi connectivity index (χ4v) is 4.02. The molecule has 1 aromatic carbocycles. The lowest BCUT2D eigenvalue weighted by Crippen LogP contribution is -2.46. The Morgan fingerprint density at radius 1 is 1.38 bits per heavy atom. The maximum atomic E-state index is 12.2. The number of benzene rings is 1. The van der Waals surface area contributed by atoms with Gasteiger partial charge in [0, 0.05) is 36.7 Å². The second-order valence-electron chi connectivity index (χ2n) is 6.12. The first-order valence-corrected chi connectivity index (χ1v) is 9.71. The Labute approximate surface area is 145 Å². The van der Waals surface area contributed by atoms with Gasteiger partial charge in [-0.3, -0.25) is 9.11 Å². The Bertz CT molecular complexity index is 662. The number of piperidine rings is 1. The van der Waals surface area contributed by atoms with Crippen LogP contribution in [0.3, 0.4) is 0 Å². The zero-order valence-electron chi connectivity index (χ0n) is 14.0. The highest BCUT2D eigenvalue weighted by Crippen LogP contribution is 2.13. The first kappa shape index (κ1) is 17.3. The lowest BCUT2D eigenvalue weighted by molar-refractivity contribution is 0.179. The largest absolute Gasteiger partial charge is 0.340 e. The van der Waals surface area contributed by atoms with Gasteiger partial charge < -0.3 is 9.84 Å². The zero-order chi connectivity index (χ0) is 16.8. The molecule has 24 heavy (non-hydrogen) atoms. The van der Waals surface area contributed by atoms with Crippen molar-refractivity contribution in [3.05, 3.63) is 42.0 Å². The van der Waals surface area contributed by atoms with E-state index in [9.17, 15) is 4.21 Å². The summed E-state index contributed by atoms with van der Waals surface area (Å²) in [5, 5.41) is 7.51. The van der Waals surface area contributed by atoms with E-state index in [1.54, 1.807) is 0 Å². The molecule has 0 spiro atoms. The molecule has 1 aliphatic heterocycles. The van der Waals surface area contributed by atoms with Crippen molar-refractivity contribution in [2.45, 2.75) is 37.2 Å². The third-order valence-corrected chi connectivity index (χ3v) is 5.54. The molecular formula is C17H24N4O2S. The normalized spacial score (nSPS) is 20.1. The van der Waals surface area contributed by atoms with Crippen LogP contribution in [0.2, 0.25) is 0 Å². The maximum absolute atomic E-state index is 12.2. The van der Waals surface area contributed by atoms with Crippen molar-refractivity contribution in [3.8, 4) is 0 Å². The molecule has 2 aromatic rings. The molecular weight excluding hydrogens is 324 g/mol. The van der Waals surface area contributed by atoms with Gasteiger partial charge in [0.2, 0.25) is 5.89 Å². The summed E-state index contributed by atoms with van der Waals surface area (Å²) in [6.45, 7) is 5.32. The number of hydrogen-bond acceptors (Lipinski definition) is 6. The van der Waals surface area contributed by atoms with Crippen LogP contribution in [0, 0.1) is 6.92 Å². The summed E-state index contributed by atoms with van der Waals surface area (Å²) < 4.78 is 17.3. The number of hydrogen-bond donors (Lipinski definition) is 1. The van der Waals surface area contributed by atoms with Crippen LogP contribution in [0.15, 0.2) is 39.8 Å². The van der Waals surface area contributed by atoms with Crippen molar-refractivity contribution >= 4 is 10.8 Å². The minimum absolute atomic E-state index is 0.430. The topological polar surface area (TPSA) is 71.3 Å². The first-order chi connectivity index (χ1) is 11.7. The molecule has 0 radical (unpaired) electrons. The summed E-state index contributed by atoms with van der Waals surface area (Å²) in [6, 6.07) is 10.1. The van der Waals surface area contributed by atoms with Crippen LogP contribution >= 0.6 is 0 Å². The fraction of sp³-hybridized carbons (Fsp3) is 0.529. The van der Waals surface area contributed by atoms with Crippen molar-refractivity contribution < 1.29 is 8.73 Å². The molecule has 0 saturated carbocycles. The van der Waals surface area contributed by atoms with E-state index in [1.807, 2.05) is 37.3 Å². The number of aryl methyl sites for hydroxylation is 1. The van der Waals surface area contributed by atoms with Gasteiger partial charge in [0.25, 0.3) is 0 Å². The molecule has 6 nitrogen and oxygen atoms in total. The lowest BCUT2D eigenvalue weighted by atomic mass is 10.1. The zero-order valence-corrected chi connectivity index (χ0v) is 14.8. The van der Waals surface area contributed by atoms with Gasteiger partial charge in [-0.15, -0.1) is 0 Å². The van der Waals surface area contributed by atoms with Crippen molar-refractivity contribution in [2.75, 3.05) is 25.4 Å².